The van der Waals surface area contributed by atoms with Crippen molar-refractivity contribution in [3.8, 4) is 0 Å². The summed E-state index contributed by atoms with van der Waals surface area (Å²) in [4.78, 5) is 26.3. The molecular formula is C21H17FN6O6S2. The van der Waals surface area contributed by atoms with Gasteiger partial charge in [-0.3, -0.25) is 23.6 Å². The summed E-state index contributed by atoms with van der Waals surface area (Å²) in [7, 11) is -7.97. The summed E-state index contributed by atoms with van der Waals surface area (Å²) in [6, 6.07) is 10.6. The van der Waals surface area contributed by atoms with Gasteiger partial charge in [0, 0.05) is 11.8 Å². The van der Waals surface area contributed by atoms with Crippen LogP contribution in [0.1, 0.15) is 5.56 Å². The number of benzene rings is 2. The predicted molar refractivity (Wildman–Crippen MR) is 129 cm³/mol. The number of nitrogens with one attached hydrogen (secondary N) is 3. The highest BCUT2D eigenvalue weighted by atomic mass is 32.2. The summed E-state index contributed by atoms with van der Waals surface area (Å²) >= 11 is 0. The molecule has 0 amide bonds. The number of hydrogen-bond donors (Lipinski definition) is 3. The van der Waals surface area contributed by atoms with Gasteiger partial charge < -0.3 is 5.32 Å². The van der Waals surface area contributed by atoms with Crippen LogP contribution in [0, 0.1) is 5.82 Å². The quantitative estimate of drug-likeness (QED) is 0.320. The molecule has 3 heterocycles. The van der Waals surface area contributed by atoms with Crippen molar-refractivity contribution < 1.29 is 21.2 Å². The Morgan fingerprint density at radius 1 is 1.06 bits per heavy atom. The minimum absolute atomic E-state index is 0.0102. The van der Waals surface area contributed by atoms with Crippen LogP contribution in [0.5, 0.6) is 0 Å². The van der Waals surface area contributed by atoms with Crippen LogP contribution in [-0.2, 0) is 26.6 Å². The molecule has 1 aliphatic heterocycles. The maximum absolute atomic E-state index is 13.5. The highest BCUT2D eigenvalue weighted by Crippen LogP contribution is 2.30. The summed E-state index contributed by atoms with van der Waals surface area (Å²) in [5.41, 5.74) is -0.914. The number of halogens is 1. The van der Waals surface area contributed by atoms with E-state index in [4.69, 9.17) is 0 Å². The number of hydrogen-bond acceptors (Lipinski definition) is 8. The monoisotopic (exact) mass is 532 g/mol. The van der Waals surface area contributed by atoms with Crippen molar-refractivity contribution in [1.82, 2.24) is 18.9 Å². The predicted octanol–water partition coefficient (Wildman–Crippen LogP) is -0.396. The zero-order chi connectivity index (χ0) is 25.8. The van der Waals surface area contributed by atoms with Gasteiger partial charge in [-0.25, -0.2) is 21.2 Å². The van der Waals surface area contributed by atoms with Crippen molar-refractivity contribution in [2.24, 2.45) is 0 Å². The number of anilines is 2. The van der Waals surface area contributed by atoms with Crippen LogP contribution in [0.15, 0.2) is 69.2 Å². The minimum atomic E-state index is -4.31. The molecule has 0 fully saturated rings. The first-order valence-corrected chi connectivity index (χ1v) is 13.6. The van der Waals surface area contributed by atoms with E-state index in [1.807, 2.05) is 0 Å². The lowest BCUT2D eigenvalue weighted by Crippen LogP contribution is -2.53. The van der Waals surface area contributed by atoms with Gasteiger partial charge in [0.15, 0.2) is 0 Å². The van der Waals surface area contributed by atoms with Crippen LogP contribution in [0.4, 0.5) is 15.8 Å². The molecule has 12 nitrogen and oxygen atoms in total. The second-order valence-electron chi connectivity index (χ2n) is 7.99. The van der Waals surface area contributed by atoms with E-state index in [9.17, 15) is 30.8 Å². The summed E-state index contributed by atoms with van der Waals surface area (Å²) < 4.78 is 68.9. The first kappa shape index (κ1) is 23.5. The molecule has 2 aromatic carbocycles. The molecule has 2 aromatic heterocycles. The van der Waals surface area contributed by atoms with Crippen molar-refractivity contribution in [3.63, 3.8) is 0 Å². The Morgan fingerprint density at radius 2 is 1.78 bits per heavy atom. The molecule has 0 atom stereocenters. The van der Waals surface area contributed by atoms with Crippen molar-refractivity contribution in [2.75, 3.05) is 16.3 Å². The van der Waals surface area contributed by atoms with Gasteiger partial charge in [-0.2, -0.15) is 9.61 Å². The van der Waals surface area contributed by atoms with Gasteiger partial charge in [0.1, 0.15) is 27.4 Å². The third-order valence-corrected chi connectivity index (χ3v) is 7.34. The van der Waals surface area contributed by atoms with Crippen LogP contribution >= 0.6 is 0 Å². The first-order valence-electron chi connectivity index (χ1n) is 10.2. The molecule has 3 N–H and O–H groups in total. The fourth-order valence-electron chi connectivity index (χ4n) is 3.82. The maximum atomic E-state index is 13.5. The number of sulfonamides is 2. The molecule has 0 saturated carbocycles. The van der Waals surface area contributed by atoms with E-state index in [0.717, 1.165) is 16.8 Å². The lowest BCUT2D eigenvalue weighted by atomic mass is 10.2. The molecule has 186 valence electrons. The van der Waals surface area contributed by atoms with Gasteiger partial charge >= 0.3 is 0 Å². The molecule has 0 aliphatic carbocycles. The second-order valence-corrected chi connectivity index (χ2v) is 11.4. The van der Waals surface area contributed by atoms with Gasteiger partial charge in [0.05, 0.1) is 24.7 Å². The fourth-order valence-corrected chi connectivity index (χ4v) is 5.60. The Balaban J connectivity index is 1.71. The SMILES string of the molecule is CS(=O)(=O)Nc1ccc2c(c1)S(=O)(=O)N/C(=c1/c(=O)n(Cc3ccc(F)cc3)c3ccnn3c1=O)N2. The van der Waals surface area contributed by atoms with Crippen molar-refractivity contribution in [2.45, 2.75) is 11.4 Å². The van der Waals surface area contributed by atoms with Gasteiger partial charge in [-0.15, -0.1) is 0 Å². The molecule has 1 aliphatic rings. The zero-order valence-corrected chi connectivity index (χ0v) is 20.0. The number of fused-ring (bicyclic) bond motifs is 2. The van der Waals surface area contributed by atoms with Gasteiger partial charge in [-0.05, 0) is 35.9 Å². The van der Waals surface area contributed by atoms with Crippen LogP contribution in [0.2, 0.25) is 0 Å². The third-order valence-electron chi connectivity index (χ3n) is 5.34. The third kappa shape index (κ3) is 4.18. The second kappa shape index (κ2) is 8.17. The standard InChI is InChI=1S/C21H17FN6O6S2/c1-35(31,32)25-14-6-7-15-16(10-14)36(33,34)26-19(24-15)18-20(29)27(11-12-2-4-13(22)5-3-12)17-8-9-23-28(17)21(18)30/h2-10,24-26H,11H2,1H3/b19-18-. The molecular weight excluding hydrogens is 515 g/mol. The largest absolute Gasteiger partial charge is 0.339 e. The Labute approximate surface area is 202 Å². The molecule has 0 unspecified atom stereocenters. The lowest BCUT2D eigenvalue weighted by Gasteiger charge is -2.23. The highest BCUT2D eigenvalue weighted by Gasteiger charge is 2.28. The molecule has 5 rings (SSSR count). The van der Waals surface area contributed by atoms with Crippen LogP contribution < -0.4 is 31.1 Å². The summed E-state index contributed by atoms with van der Waals surface area (Å²) in [5, 5.41) is 6.19. The van der Waals surface area contributed by atoms with Gasteiger partial charge in [0.2, 0.25) is 10.0 Å². The minimum Gasteiger partial charge on any atom is -0.339 e. The molecule has 0 saturated heterocycles. The smallest absolute Gasteiger partial charge is 0.289 e. The summed E-state index contributed by atoms with van der Waals surface area (Å²) in [5.74, 6) is -0.840. The average molecular weight is 533 g/mol. The summed E-state index contributed by atoms with van der Waals surface area (Å²) in [6.45, 7) is -0.0429. The van der Waals surface area contributed by atoms with Crippen LogP contribution in [-0.4, -0.2) is 37.3 Å². The van der Waals surface area contributed by atoms with E-state index in [1.165, 1.54) is 53.2 Å². The fraction of sp³-hybridized carbons (Fsp3) is 0.0952. The topological polar surface area (TPSA) is 161 Å². The van der Waals surface area contributed by atoms with E-state index in [1.54, 1.807) is 0 Å². The molecule has 0 bridgehead atoms. The molecule has 4 aromatic rings. The van der Waals surface area contributed by atoms with E-state index >= 15 is 0 Å². The van der Waals surface area contributed by atoms with Crippen molar-refractivity contribution >= 4 is 42.9 Å². The van der Waals surface area contributed by atoms with Crippen LogP contribution in [0.3, 0.4) is 0 Å². The molecule has 36 heavy (non-hydrogen) atoms. The van der Waals surface area contributed by atoms with E-state index < -0.39 is 42.2 Å². The molecule has 0 spiro atoms. The summed E-state index contributed by atoms with van der Waals surface area (Å²) in [6.07, 6.45) is 2.23. The van der Waals surface area contributed by atoms with E-state index in [-0.39, 0.29) is 34.3 Å². The first-order chi connectivity index (χ1) is 16.9. The highest BCUT2D eigenvalue weighted by molar-refractivity contribution is 7.92. The van der Waals surface area contributed by atoms with Crippen molar-refractivity contribution in [1.29, 1.82) is 0 Å². The number of aromatic nitrogens is 3. The molecule has 15 heteroatoms. The van der Waals surface area contributed by atoms with Crippen molar-refractivity contribution in [3.05, 3.63) is 92.0 Å². The Hall–Kier alpha value is -4.24. The maximum Gasteiger partial charge on any atom is 0.289 e. The normalized spacial score (nSPS) is 16.2. The Kier molecular flexibility index (Phi) is 5.33. The van der Waals surface area contributed by atoms with Gasteiger partial charge in [-0.1, -0.05) is 12.1 Å². The van der Waals surface area contributed by atoms with Crippen LogP contribution in [0.25, 0.3) is 11.5 Å². The lowest BCUT2D eigenvalue weighted by molar-refractivity contribution is 0.589. The zero-order valence-electron chi connectivity index (χ0n) is 18.4. The average Bonchev–Trinajstić information content (AvgIpc) is 3.27. The number of nitrogens with zero attached hydrogens (tertiary/aromatic N) is 3. The van der Waals surface area contributed by atoms with E-state index in [2.05, 4.69) is 19.9 Å². The Bertz CT molecular complexity index is 1930. The Morgan fingerprint density at radius 3 is 2.47 bits per heavy atom. The van der Waals surface area contributed by atoms with E-state index in [0.29, 0.717) is 5.56 Å². The molecule has 0 radical (unpaired) electrons. The number of rotatable bonds is 4. The van der Waals surface area contributed by atoms with Gasteiger partial charge in [0.25, 0.3) is 21.1 Å².